The van der Waals surface area contributed by atoms with Crippen LogP contribution < -0.4 is 4.90 Å². The van der Waals surface area contributed by atoms with E-state index in [1.165, 1.54) is 12.1 Å². The van der Waals surface area contributed by atoms with E-state index in [9.17, 15) is 22.8 Å². The molecule has 2 aliphatic heterocycles. The fourth-order valence-corrected chi connectivity index (χ4v) is 5.96. The molecule has 0 aliphatic carbocycles. The van der Waals surface area contributed by atoms with Crippen molar-refractivity contribution in [2.75, 3.05) is 24.5 Å². The van der Waals surface area contributed by atoms with Gasteiger partial charge in [-0.15, -0.1) is 0 Å². The van der Waals surface area contributed by atoms with E-state index in [0.29, 0.717) is 43.6 Å². The number of rotatable bonds is 3. The fourth-order valence-electron chi connectivity index (χ4n) is 5.96. The minimum absolute atomic E-state index is 0.179. The largest absolute Gasteiger partial charge is 0.471 e. The summed E-state index contributed by atoms with van der Waals surface area (Å²) >= 11 is 0. The van der Waals surface area contributed by atoms with Crippen LogP contribution in [0.15, 0.2) is 77.3 Å². The number of aromatic nitrogens is 4. The number of hydrogen-bond acceptors (Lipinski definition) is 6. The number of nitrogens with one attached hydrogen (secondary N) is 1. The molecule has 42 heavy (non-hydrogen) atoms. The van der Waals surface area contributed by atoms with Gasteiger partial charge in [0.1, 0.15) is 0 Å². The monoisotopic (exact) mass is 572 g/mol. The van der Waals surface area contributed by atoms with Crippen LogP contribution in [0.5, 0.6) is 0 Å². The van der Waals surface area contributed by atoms with Gasteiger partial charge in [0.25, 0.3) is 11.8 Å². The van der Waals surface area contributed by atoms with Crippen molar-refractivity contribution in [1.82, 2.24) is 25.0 Å². The molecule has 1 spiro atoms. The summed E-state index contributed by atoms with van der Waals surface area (Å²) in [4.78, 5) is 41.6. The predicted molar refractivity (Wildman–Crippen MR) is 146 cm³/mol. The van der Waals surface area contributed by atoms with Crippen molar-refractivity contribution in [3.05, 3.63) is 95.6 Å². The van der Waals surface area contributed by atoms with E-state index in [2.05, 4.69) is 30.7 Å². The summed E-state index contributed by atoms with van der Waals surface area (Å²) in [6.07, 6.45) is -3.40. The van der Waals surface area contributed by atoms with Crippen molar-refractivity contribution in [1.29, 1.82) is 0 Å². The molecule has 1 N–H and O–H groups in total. The van der Waals surface area contributed by atoms with E-state index >= 15 is 0 Å². The van der Waals surface area contributed by atoms with Crippen molar-refractivity contribution < 1.29 is 27.3 Å². The molecule has 5 aromatic rings. The summed E-state index contributed by atoms with van der Waals surface area (Å²) in [5.41, 5.74) is 3.88. The molecule has 212 valence electrons. The Morgan fingerprint density at radius 1 is 0.881 bits per heavy atom. The second kappa shape index (κ2) is 9.54. The number of carbonyl (C=O) groups is 2. The SMILES string of the molecule is O=C(c1ccc(-c2noc(C(F)(F)F)n2)cc1)N1CCC2(CC1)CN(C(=O)c1nc3ccccc3[nH]1)c1ccccc12. The normalized spacial score (nSPS) is 16.3. The minimum atomic E-state index is -4.73. The van der Waals surface area contributed by atoms with Gasteiger partial charge >= 0.3 is 12.1 Å². The lowest BCUT2D eigenvalue weighted by Gasteiger charge is -2.40. The lowest BCUT2D eigenvalue weighted by Crippen LogP contribution is -2.48. The average molecular weight is 573 g/mol. The molecule has 0 unspecified atom stereocenters. The first kappa shape index (κ1) is 25.9. The molecule has 2 aromatic heterocycles. The second-order valence-corrected chi connectivity index (χ2v) is 10.6. The van der Waals surface area contributed by atoms with Gasteiger partial charge in [0.2, 0.25) is 5.82 Å². The maximum absolute atomic E-state index is 13.6. The highest BCUT2D eigenvalue weighted by Crippen LogP contribution is 2.47. The molecular weight excluding hydrogens is 549 g/mol. The zero-order valence-corrected chi connectivity index (χ0v) is 22.1. The third-order valence-electron chi connectivity index (χ3n) is 8.13. The Morgan fingerprint density at radius 3 is 2.31 bits per heavy atom. The highest BCUT2D eigenvalue weighted by molar-refractivity contribution is 6.07. The molecule has 3 aromatic carbocycles. The Kier molecular flexibility index (Phi) is 5.89. The van der Waals surface area contributed by atoms with Crippen LogP contribution in [-0.2, 0) is 11.6 Å². The van der Waals surface area contributed by atoms with Gasteiger partial charge in [-0.2, -0.15) is 18.2 Å². The number of likely N-dealkylation sites (tertiary alicyclic amines) is 1. The molecule has 7 rings (SSSR count). The average Bonchev–Trinajstić information content (AvgIpc) is 3.74. The molecule has 9 nitrogen and oxygen atoms in total. The number of H-pyrrole nitrogens is 1. The van der Waals surface area contributed by atoms with Gasteiger partial charge in [-0.3, -0.25) is 9.59 Å². The molecule has 1 saturated heterocycles. The standard InChI is InChI=1S/C30H23F3N6O3/c31-30(32,33)28-36-24(37-42-28)18-9-11-19(12-10-18)26(40)38-15-13-29(14-16-38)17-39(23-8-4-1-5-20(23)29)27(41)25-34-21-6-2-3-7-22(21)35-25/h1-12H,13-17H2,(H,34,35). The summed E-state index contributed by atoms with van der Waals surface area (Å²) < 4.78 is 42.7. The van der Waals surface area contributed by atoms with E-state index in [1.54, 1.807) is 21.9 Å². The van der Waals surface area contributed by atoms with Crippen molar-refractivity contribution in [3.63, 3.8) is 0 Å². The maximum Gasteiger partial charge on any atom is 0.471 e. The number of carbonyl (C=O) groups excluding carboxylic acids is 2. The van der Waals surface area contributed by atoms with Gasteiger partial charge in [-0.1, -0.05) is 47.6 Å². The van der Waals surface area contributed by atoms with Crippen LogP contribution in [0.3, 0.4) is 0 Å². The molecule has 1 fully saturated rings. The van der Waals surface area contributed by atoms with Crippen molar-refractivity contribution >= 4 is 28.5 Å². The zero-order chi connectivity index (χ0) is 29.1. The van der Waals surface area contributed by atoms with Crippen molar-refractivity contribution in [2.24, 2.45) is 0 Å². The van der Waals surface area contributed by atoms with Crippen LogP contribution in [-0.4, -0.2) is 56.5 Å². The van der Waals surface area contributed by atoms with Crippen LogP contribution >= 0.6 is 0 Å². The van der Waals surface area contributed by atoms with E-state index in [-0.39, 0.29) is 28.9 Å². The zero-order valence-electron chi connectivity index (χ0n) is 22.1. The Hall–Kier alpha value is -5.00. The van der Waals surface area contributed by atoms with Crippen molar-refractivity contribution in [3.8, 4) is 11.4 Å². The smallest absolute Gasteiger partial charge is 0.339 e. The summed E-state index contributed by atoms with van der Waals surface area (Å²) in [5.74, 6) is -1.72. The molecule has 4 heterocycles. The van der Waals surface area contributed by atoms with E-state index < -0.39 is 12.1 Å². The number of amides is 2. The molecule has 0 bridgehead atoms. The van der Waals surface area contributed by atoms with E-state index in [1.807, 2.05) is 42.5 Å². The number of nitrogens with zero attached hydrogens (tertiary/aromatic N) is 5. The maximum atomic E-state index is 13.6. The van der Waals surface area contributed by atoms with Crippen LogP contribution in [0.4, 0.5) is 18.9 Å². The van der Waals surface area contributed by atoms with Gasteiger partial charge in [0.15, 0.2) is 5.82 Å². The Morgan fingerprint density at radius 2 is 1.60 bits per heavy atom. The second-order valence-electron chi connectivity index (χ2n) is 10.6. The number of anilines is 1. The van der Waals surface area contributed by atoms with Crippen LogP contribution in [0.2, 0.25) is 0 Å². The number of imidazole rings is 1. The first-order valence-electron chi connectivity index (χ1n) is 13.4. The van der Waals surface area contributed by atoms with E-state index in [4.69, 9.17) is 0 Å². The van der Waals surface area contributed by atoms with Gasteiger partial charge in [-0.25, -0.2) is 4.98 Å². The lowest BCUT2D eigenvalue weighted by molar-refractivity contribution is -0.159. The molecule has 2 amide bonds. The molecule has 0 radical (unpaired) electrons. The third kappa shape index (κ3) is 4.30. The third-order valence-corrected chi connectivity index (χ3v) is 8.13. The van der Waals surface area contributed by atoms with E-state index in [0.717, 1.165) is 22.3 Å². The molecule has 0 saturated carbocycles. The fraction of sp³-hybridized carbons (Fsp3) is 0.233. The highest BCUT2D eigenvalue weighted by Gasteiger charge is 2.47. The van der Waals surface area contributed by atoms with Crippen LogP contribution in [0.25, 0.3) is 22.4 Å². The van der Waals surface area contributed by atoms with Crippen molar-refractivity contribution in [2.45, 2.75) is 24.4 Å². The van der Waals surface area contributed by atoms with Crippen LogP contribution in [0.1, 0.15) is 45.3 Å². The number of piperidine rings is 1. The summed E-state index contributed by atoms with van der Waals surface area (Å²) in [6.45, 7) is 1.46. The Labute approximate surface area is 237 Å². The summed E-state index contributed by atoms with van der Waals surface area (Å²) in [5, 5.41) is 3.39. The summed E-state index contributed by atoms with van der Waals surface area (Å²) in [6, 6.07) is 21.5. The predicted octanol–water partition coefficient (Wildman–Crippen LogP) is 5.47. The number of para-hydroxylation sites is 3. The lowest BCUT2D eigenvalue weighted by atomic mass is 9.74. The first-order valence-corrected chi connectivity index (χ1v) is 13.4. The van der Waals surface area contributed by atoms with Gasteiger partial charge in [0, 0.05) is 41.9 Å². The topological polar surface area (TPSA) is 108 Å². The molecular formula is C30H23F3N6O3. The van der Waals surface area contributed by atoms with Gasteiger partial charge in [-0.05, 0) is 48.7 Å². The molecule has 12 heteroatoms. The number of halogens is 3. The highest BCUT2D eigenvalue weighted by atomic mass is 19.4. The van der Waals surface area contributed by atoms with Gasteiger partial charge < -0.3 is 19.3 Å². The Balaban J connectivity index is 1.07. The number of alkyl halides is 3. The van der Waals surface area contributed by atoms with Gasteiger partial charge in [0.05, 0.1) is 11.0 Å². The number of aromatic amines is 1. The van der Waals surface area contributed by atoms with Crippen LogP contribution in [0, 0.1) is 0 Å². The number of benzene rings is 3. The molecule has 0 atom stereocenters. The minimum Gasteiger partial charge on any atom is -0.339 e. The number of fused-ring (bicyclic) bond motifs is 3. The molecule has 2 aliphatic rings. The first-order chi connectivity index (χ1) is 20.2. The Bertz CT molecular complexity index is 1790. The quantitative estimate of drug-likeness (QED) is 0.307. The summed E-state index contributed by atoms with van der Waals surface area (Å²) in [7, 11) is 0. The number of hydrogen-bond donors (Lipinski definition) is 1.